The van der Waals surface area contributed by atoms with Gasteiger partial charge >= 0.3 is 0 Å². The standard InChI is InChI=1S/C16H21N3O3S/c1-15(2)7-11-8-16(3,9-15)10-19(11)23(20,21)13-6-4-5-12-14(13)18-22-17-12/h4-6,11H,7-10H2,1-3H3. The van der Waals surface area contributed by atoms with Gasteiger partial charge in [0.05, 0.1) is 0 Å². The number of rotatable bonds is 2. The number of nitrogens with zero attached hydrogens (tertiary/aromatic N) is 3. The lowest BCUT2D eigenvalue weighted by atomic mass is 9.65. The molecule has 2 fully saturated rings. The van der Waals surface area contributed by atoms with Crippen LogP contribution in [0.15, 0.2) is 27.7 Å². The van der Waals surface area contributed by atoms with Crippen molar-refractivity contribution in [2.45, 2.75) is 51.0 Å². The normalized spacial score (nSPS) is 30.8. The van der Waals surface area contributed by atoms with Gasteiger partial charge in [-0.2, -0.15) is 4.31 Å². The van der Waals surface area contributed by atoms with E-state index in [0.717, 1.165) is 19.3 Å². The summed E-state index contributed by atoms with van der Waals surface area (Å²) in [5.74, 6) is 0. The van der Waals surface area contributed by atoms with Crippen molar-refractivity contribution in [1.82, 2.24) is 14.6 Å². The molecule has 1 aromatic heterocycles. The fraction of sp³-hybridized carbons (Fsp3) is 0.625. The summed E-state index contributed by atoms with van der Waals surface area (Å²) in [5.41, 5.74) is 1.01. The van der Waals surface area contributed by atoms with Crippen LogP contribution in [0.5, 0.6) is 0 Å². The minimum absolute atomic E-state index is 0.0510. The van der Waals surface area contributed by atoms with Crippen molar-refractivity contribution in [2.24, 2.45) is 10.8 Å². The SMILES string of the molecule is CC1(C)CC2CC(C)(CN2S(=O)(=O)c2cccc3nonc23)C1. The molecule has 1 aliphatic heterocycles. The molecule has 2 heterocycles. The maximum Gasteiger partial charge on any atom is 0.245 e. The van der Waals surface area contributed by atoms with Crippen molar-refractivity contribution in [3.8, 4) is 0 Å². The lowest BCUT2D eigenvalue weighted by molar-refractivity contribution is 0.133. The van der Waals surface area contributed by atoms with Gasteiger partial charge in [0.1, 0.15) is 10.4 Å². The maximum atomic E-state index is 13.3. The third-order valence-electron chi connectivity index (χ3n) is 5.20. The highest BCUT2D eigenvalue weighted by Crippen LogP contribution is 2.53. The highest BCUT2D eigenvalue weighted by Gasteiger charge is 2.53. The van der Waals surface area contributed by atoms with E-state index in [4.69, 9.17) is 4.63 Å². The van der Waals surface area contributed by atoms with Crippen LogP contribution in [0.1, 0.15) is 40.0 Å². The predicted octanol–water partition coefficient (Wildman–Crippen LogP) is 2.81. The zero-order valence-corrected chi connectivity index (χ0v) is 14.4. The number of fused-ring (bicyclic) bond motifs is 3. The number of hydrogen-bond donors (Lipinski definition) is 0. The van der Waals surface area contributed by atoms with Crippen LogP contribution in [-0.2, 0) is 10.0 Å². The van der Waals surface area contributed by atoms with Gasteiger partial charge in [0.2, 0.25) is 10.0 Å². The van der Waals surface area contributed by atoms with Gasteiger partial charge in [0.25, 0.3) is 0 Å². The van der Waals surface area contributed by atoms with Gasteiger partial charge in [0.15, 0.2) is 5.52 Å². The zero-order chi connectivity index (χ0) is 16.5. The molecule has 1 aliphatic carbocycles. The molecule has 6 nitrogen and oxygen atoms in total. The van der Waals surface area contributed by atoms with Crippen molar-refractivity contribution in [3.63, 3.8) is 0 Å². The topological polar surface area (TPSA) is 76.3 Å². The third kappa shape index (κ3) is 2.29. The number of aromatic nitrogens is 2. The van der Waals surface area contributed by atoms with E-state index in [-0.39, 0.29) is 21.8 Å². The second-order valence-corrected chi connectivity index (χ2v) is 10.0. The first kappa shape index (κ1) is 15.1. The first-order valence-corrected chi connectivity index (χ1v) is 9.38. The largest absolute Gasteiger partial charge is 0.245 e. The van der Waals surface area contributed by atoms with E-state index < -0.39 is 10.0 Å². The molecule has 2 atom stereocenters. The average Bonchev–Trinajstić information content (AvgIpc) is 2.99. The minimum Gasteiger partial charge on any atom is -0.243 e. The molecule has 2 bridgehead atoms. The van der Waals surface area contributed by atoms with Crippen LogP contribution in [0.25, 0.3) is 11.0 Å². The molecule has 1 aromatic carbocycles. The molecule has 0 amide bonds. The Bertz CT molecular complexity index is 874. The fourth-order valence-electron chi connectivity index (χ4n) is 4.81. The van der Waals surface area contributed by atoms with Crippen molar-refractivity contribution in [3.05, 3.63) is 18.2 Å². The summed E-state index contributed by atoms with van der Waals surface area (Å²) in [5, 5.41) is 7.55. The molecule has 0 spiro atoms. The van der Waals surface area contributed by atoms with E-state index in [0.29, 0.717) is 17.6 Å². The Morgan fingerprint density at radius 2 is 2.00 bits per heavy atom. The lowest BCUT2D eigenvalue weighted by Gasteiger charge is -2.39. The highest BCUT2D eigenvalue weighted by molar-refractivity contribution is 7.89. The van der Waals surface area contributed by atoms with Crippen molar-refractivity contribution in [2.75, 3.05) is 6.54 Å². The second kappa shape index (κ2) is 4.54. The zero-order valence-electron chi connectivity index (χ0n) is 13.6. The molecule has 2 aromatic rings. The lowest BCUT2D eigenvalue weighted by Crippen LogP contribution is -2.37. The molecule has 23 heavy (non-hydrogen) atoms. The molecule has 4 rings (SSSR count). The minimum atomic E-state index is -3.61. The Balaban J connectivity index is 1.80. The van der Waals surface area contributed by atoms with Crippen LogP contribution in [0.4, 0.5) is 0 Å². The number of sulfonamides is 1. The molecule has 1 saturated heterocycles. The van der Waals surface area contributed by atoms with E-state index >= 15 is 0 Å². The fourth-order valence-corrected chi connectivity index (χ4v) is 6.72. The molecule has 7 heteroatoms. The number of benzene rings is 1. The van der Waals surface area contributed by atoms with E-state index in [1.165, 1.54) is 0 Å². The summed E-state index contributed by atoms with van der Waals surface area (Å²) in [6.45, 7) is 7.24. The third-order valence-corrected chi connectivity index (χ3v) is 7.13. The molecule has 0 radical (unpaired) electrons. The van der Waals surface area contributed by atoms with Gasteiger partial charge in [-0.25, -0.2) is 13.0 Å². The first-order valence-electron chi connectivity index (χ1n) is 7.94. The summed E-state index contributed by atoms with van der Waals surface area (Å²) in [6.07, 6.45) is 2.88. The number of hydrogen-bond acceptors (Lipinski definition) is 5. The highest BCUT2D eigenvalue weighted by atomic mass is 32.2. The van der Waals surface area contributed by atoms with E-state index in [1.807, 2.05) is 0 Å². The molecule has 1 saturated carbocycles. The molecule has 124 valence electrons. The summed E-state index contributed by atoms with van der Waals surface area (Å²) in [4.78, 5) is 0.199. The molecular formula is C16H21N3O3S. The molecule has 2 unspecified atom stereocenters. The second-order valence-electron chi connectivity index (χ2n) is 8.15. The summed E-state index contributed by atoms with van der Waals surface area (Å²) in [6, 6.07) is 5.05. The van der Waals surface area contributed by atoms with Crippen LogP contribution in [-0.4, -0.2) is 35.6 Å². The van der Waals surface area contributed by atoms with Crippen molar-refractivity contribution in [1.29, 1.82) is 0 Å². The van der Waals surface area contributed by atoms with Crippen LogP contribution in [0.3, 0.4) is 0 Å². The molecule has 2 aliphatic rings. The molecular weight excluding hydrogens is 314 g/mol. The molecule has 0 N–H and O–H groups in total. The van der Waals surface area contributed by atoms with Gasteiger partial charge in [-0.15, -0.1) is 0 Å². The van der Waals surface area contributed by atoms with Crippen LogP contribution < -0.4 is 0 Å². The van der Waals surface area contributed by atoms with Crippen molar-refractivity contribution >= 4 is 21.1 Å². The summed E-state index contributed by atoms with van der Waals surface area (Å²) >= 11 is 0. The van der Waals surface area contributed by atoms with Crippen LogP contribution in [0, 0.1) is 10.8 Å². The Morgan fingerprint density at radius 3 is 2.78 bits per heavy atom. The van der Waals surface area contributed by atoms with Gasteiger partial charge in [0, 0.05) is 12.6 Å². The predicted molar refractivity (Wildman–Crippen MR) is 85.2 cm³/mol. The van der Waals surface area contributed by atoms with E-state index in [1.54, 1.807) is 22.5 Å². The van der Waals surface area contributed by atoms with Crippen LogP contribution >= 0.6 is 0 Å². The monoisotopic (exact) mass is 335 g/mol. The quantitative estimate of drug-likeness (QED) is 0.843. The van der Waals surface area contributed by atoms with E-state index in [2.05, 4.69) is 31.1 Å². The Morgan fingerprint density at radius 1 is 1.22 bits per heavy atom. The Kier molecular flexibility index (Phi) is 2.98. The summed E-state index contributed by atoms with van der Waals surface area (Å²) < 4.78 is 32.9. The maximum absolute atomic E-state index is 13.3. The van der Waals surface area contributed by atoms with Crippen molar-refractivity contribution < 1.29 is 13.0 Å². The average molecular weight is 335 g/mol. The van der Waals surface area contributed by atoms with Gasteiger partial charge in [-0.05, 0) is 52.5 Å². The van der Waals surface area contributed by atoms with Gasteiger partial charge in [-0.1, -0.05) is 26.8 Å². The van der Waals surface area contributed by atoms with Gasteiger partial charge < -0.3 is 0 Å². The summed E-state index contributed by atoms with van der Waals surface area (Å²) in [7, 11) is -3.61. The van der Waals surface area contributed by atoms with Gasteiger partial charge in [-0.3, -0.25) is 0 Å². The first-order chi connectivity index (χ1) is 10.7. The van der Waals surface area contributed by atoms with Crippen LogP contribution in [0.2, 0.25) is 0 Å². The Hall–Kier alpha value is -1.47. The van der Waals surface area contributed by atoms with E-state index in [9.17, 15) is 8.42 Å². The Labute approximate surface area is 135 Å². The smallest absolute Gasteiger partial charge is 0.243 e.